The van der Waals surface area contributed by atoms with Crippen LogP contribution in [0.4, 0.5) is 0 Å². The number of hydrogen-bond donors (Lipinski definition) is 1. The molecule has 0 radical (unpaired) electrons. The van der Waals surface area contributed by atoms with E-state index in [9.17, 15) is 4.79 Å². The minimum atomic E-state index is -1.36. The van der Waals surface area contributed by atoms with Gasteiger partial charge in [-0.25, -0.2) is 0 Å². The van der Waals surface area contributed by atoms with E-state index in [1.807, 2.05) is 37.3 Å². The number of benzene rings is 1. The zero-order chi connectivity index (χ0) is 11.1. The number of rotatable bonds is 1. The number of carbonyl (C=O) groups is 1. The molecule has 1 N–H and O–H groups in total. The second-order valence-corrected chi connectivity index (χ2v) is 5.16. The van der Waals surface area contributed by atoms with Crippen LogP contribution < -0.4 is 5.32 Å². The first kappa shape index (κ1) is 10.8. The fraction of sp³-hybridized carbons (Fsp3) is 0.364. The van der Waals surface area contributed by atoms with Gasteiger partial charge in [0.15, 0.2) is 0 Å². The van der Waals surface area contributed by atoms with E-state index in [2.05, 4.69) is 5.32 Å². The minimum absolute atomic E-state index is 0.0464. The summed E-state index contributed by atoms with van der Waals surface area (Å²) in [5.41, 5.74) is 0.980. The van der Waals surface area contributed by atoms with E-state index < -0.39 is 4.33 Å². The molecule has 1 heterocycles. The quantitative estimate of drug-likeness (QED) is 0.755. The summed E-state index contributed by atoms with van der Waals surface area (Å²) in [6, 6.07) is 9.56. The maximum absolute atomic E-state index is 11.5. The third-order valence-electron chi connectivity index (χ3n) is 2.71. The lowest BCUT2D eigenvalue weighted by Gasteiger charge is -2.22. The second kappa shape index (κ2) is 3.69. The Morgan fingerprint density at radius 3 is 2.33 bits per heavy atom. The van der Waals surface area contributed by atoms with E-state index in [0.29, 0.717) is 0 Å². The monoisotopic (exact) mass is 243 g/mol. The first-order valence-electron chi connectivity index (χ1n) is 4.77. The summed E-state index contributed by atoms with van der Waals surface area (Å²) in [4.78, 5) is 11.5. The van der Waals surface area contributed by atoms with Crippen molar-refractivity contribution < 1.29 is 4.79 Å². The summed E-state index contributed by atoms with van der Waals surface area (Å²) in [7, 11) is 0. The van der Waals surface area contributed by atoms with Gasteiger partial charge in [0.05, 0.1) is 0 Å². The first-order chi connectivity index (χ1) is 7.03. The molecule has 1 aliphatic heterocycles. The summed E-state index contributed by atoms with van der Waals surface area (Å²) in [6.07, 6.45) is 0. The molecule has 80 valence electrons. The highest BCUT2D eigenvalue weighted by Crippen LogP contribution is 2.44. The van der Waals surface area contributed by atoms with E-state index in [0.717, 1.165) is 5.56 Å². The van der Waals surface area contributed by atoms with Crippen molar-refractivity contribution in [1.82, 2.24) is 5.32 Å². The first-order valence-corrected chi connectivity index (χ1v) is 5.53. The second-order valence-electron chi connectivity index (χ2n) is 3.77. The summed E-state index contributed by atoms with van der Waals surface area (Å²) in [6.45, 7) is 1.90. The lowest BCUT2D eigenvalue weighted by Crippen LogP contribution is -2.29. The summed E-state index contributed by atoms with van der Waals surface area (Å²) >= 11 is 12.1. The van der Waals surface area contributed by atoms with Gasteiger partial charge in [-0.05, 0) is 12.5 Å². The summed E-state index contributed by atoms with van der Waals surface area (Å²) in [5, 5.41) is 2.75. The van der Waals surface area contributed by atoms with Gasteiger partial charge in [-0.2, -0.15) is 0 Å². The van der Waals surface area contributed by atoms with Gasteiger partial charge in [-0.3, -0.25) is 4.79 Å². The predicted molar refractivity (Wildman–Crippen MR) is 61.2 cm³/mol. The average Bonchev–Trinajstić information content (AvgIpc) is 2.37. The normalized spacial score (nSPS) is 28.9. The van der Waals surface area contributed by atoms with Crippen molar-refractivity contribution in [1.29, 1.82) is 0 Å². The van der Waals surface area contributed by atoms with Gasteiger partial charge < -0.3 is 5.32 Å². The number of carbonyl (C=O) groups excluding carboxylic acids is 1. The molecule has 2 unspecified atom stereocenters. The van der Waals surface area contributed by atoms with Crippen molar-refractivity contribution >= 4 is 29.1 Å². The predicted octanol–water partition coefficient (Wildman–Crippen LogP) is 2.46. The Morgan fingerprint density at radius 1 is 1.27 bits per heavy atom. The Balaban J connectivity index is 2.41. The molecule has 2 rings (SSSR count). The van der Waals surface area contributed by atoms with E-state index in [4.69, 9.17) is 23.2 Å². The Morgan fingerprint density at radius 2 is 1.87 bits per heavy atom. The molecule has 1 saturated heterocycles. The molecule has 0 spiro atoms. The number of hydrogen-bond acceptors (Lipinski definition) is 1. The maximum atomic E-state index is 11.5. The molecule has 1 aliphatic rings. The topological polar surface area (TPSA) is 29.1 Å². The van der Waals surface area contributed by atoms with Gasteiger partial charge in [0.25, 0.3) is 5.91 Å². The van der Waals surface area contributed by atoms with Crippen LogP contribution in [0.1, 0.15) is 18.4 Å². The van der Waals surface area contributed by atoms with Gasteiger partial charge in [0.1, 0.15) is 0 Å². The van der Waals surface area contributed by atoms with Crippen LogP contribution in [-0.2, 0) is 4.79 Å². The van der Waals surface area contributed by atoms with Crippen molar-refractivity contribution in [2.45, 2.75) is 23.2 Å². The van der Waals surface area contributed by atoms with Crippen molar-refractivity contribution in [3.63, 3.8) is 0 Å². The number of amides is 1. The zero-order valence-electron chi connectivity index (χ0n) is 8.21. The van der Waals surface area contributed by atoms with Crippen LogP contribution in [0.5, 0.6) is 0 Å². The lowest BCUT2D eigenvalue weighted by atomic mass is 9.92. The molecular formula is C11H11Cl2NO. The van der Waals surface area contributed by atoms with E-state index in [1.54, 1.807) is 0 Å². The van der Waals surface area contributed by atoms with Gasteiger partial charge >= 0.3 is 0 Å². The molecule has 0 saturated carbocycles. The highest BCUT2D eigenvalue weighted by Gasteiger charge is 2.52. The SMILES string of the molecule is CC1NC(=O)C(Cl)(Cl)C1c1ccccc1. The van der Waals surface area contributed by atoms with E-state index in [1.165, 1.54) is 0 Å². The lowest BCUT2D eigenvalue weighted by molar-refractivity contribution is -0.119. The Labute approximate surface area is 98.6 Å². The van der Waals surface area contributed by atoms with Crippen molar-refractivity contribution in [2.75, 3.05) is 0 Å². The summed E-state index contributed by atoms with van der Waals surface area (Å²) in [5.74, 6) is -0.512. The molecule has 0 aliphatic carbocycles. The zero-order valence-corrected chi connectivity index (χ0v) is 9.72. The number of nitrogens with one attached hydrogen (secondary N) is 1. The van der Waals surface area contributed by atoms with Crippen LogP contribution in [-0.4, -0.2) is 16.3 Å². The third kappa shape index (κ3) is 1.72. The van der Waals surface area contributed by atoms with Crippen molar-refractivity contribution in [3.8, 4) is 0 Å². The van der Waals surface area contributed by atoms with Crippen LogP contribution in [0, 0.1) is 0 Å². The molecule has 2 nitrogen and oxygen atoms in total. The highest BCUT2D eigenvalue weighted by molar-refractivity contribution is 6.59. The fourth-order valence-electron chi connectivity index (χ4n) is 2.00. The van der Waals surface area contributed by atoms with Crippen LogP contribution >= 0.6 is 23.2 Å². The Hall–Kier alpha value is -0.730. The molecule has 1 aromatic carbocycles. The van der Waals surface area contributed by atoms with Gasteiger partial charge in [0.2, 0.25) is 4.33 Å². The molecule has 15 heavy (non-hydrogen) atoms. The standard InChI is InChI=1S/C11H11Cl2NO/c1-7-9(8-5-3-2-4-6-8)11(12,13)10(15)14-7/h2-7,9H,1H3,(H,14,15). The minimum Gasteiger partial charge on any atom is -0.350 e. The largest absolute Gasteiger partial charge is 0.350 e. The third-order valence-corrected chi connectivity index (χ3v) is 3.52. The van der Waals surface area contributed by atoms with E-state index in [-0.39, 0.29) is 17.9 Å². The summed E-state index contributed by atoms with van der Waals surface area (Å²) < 4.78 is -1.36. The van der Waals surface area contributed by atoms with Crippen molar-refractivity contribution in [2.24, 2.45) is 0 Å². The van der Waals surface area contributed by atoms with E-state index >= 15 is 0 Å². The average molecular weight is 244 g/mol. The molecule has 1 fully saturated rings. The molecule has 4 heteroatoms. The Bertz CT molecular complexity index is 377. The molecule has 1 aromatic rings. The van der Waals surface area contributed by atoms with Crippen LogP contribution in [0.2, 0.25) is 0 Å². The maximum Gasteiger partial charge on any atom is 0.257 e. The fourth-order valence-corrected chi connectivity index (χ4v) is 2.74. The molecule has 0 bridgehead atoms. The molecular weight excluding hydrogens is 233 g/mol. The number of halogens is 2. The van der Waals surface area contributed by atoms with Gasteiger partial charge in [0, 0.05) is 12.0 Å². The van der Waals surface area contributed by atoms with Crippen LogP contribution in [0.3, 0.4) is 0 Å². The van der Waals surface area contributed by atoms with Crippen LogP contribution in [0.25, 0.3) is 0 Å². The smallest absolute Gasteiger partial charge is 0.257 e. The molecule has 1 amide bonds. The van der Waals surface area contributed by atoms with Crippen molar-refractivity contribution in [3.05, 3.63) is 35.9 Å². The highest BCUT2D eigenvalue weighted by atomic mass is 35.5. The molecule has 2 atom stereocenters. The Kier molecular flexibility index (Phi) is 2.65. The van der Waals surface area contributed by atoms with Gasteiger partial charge in [-0.15, -0.1) is 0 Å². The van der Waals surface area contributed by atoms with Crippen LogP contribution in [0.15, 0.2) is 30.3 Å². The number of alkyl halides is 2. The molecule has 0 aromatic heterocycles. The van der Waals surface area contributed by atoms with Gasteiger partial charge in [-0.1, -0.05) is 53.5 Å².